The molecule has 0 saturated carbocycles. The van der Waals surface area contributed by atoms with Gasteiger partial charge in [-0.15, -0.1) is 0 Å². The van der Waals surface area contributed by atoms with E-state index in [1.165, 1.54) is 5.56 Å². The first kappa shape index (κ1) is 10.9. The molecule has 2 heteroatoms. The Kier molecular flexibility index (Phi) is 3.40. The van der Waals surface area contributed by atoms with Crippen LogP contribution < -0.4 is 0 Å². The van der Waals surface area contributed by atoms with Gasteiger partial charge in [-0.1, -0.05) is 42.5 Å². The first-order valence-electron chi connectivity index (χ1n) is 5.64. The smallest absolute Gasteiger partial charge is 0.313 e. The van der Waals surface area contributed by atoms with Gasteiger partial charge in [-0.2, -0.15) is 0 Å². The minimum atomic E-state index is -0.0842. The topological polar surface area (TPSA) is 26.3 Å². The van der Waals surface area contributed by atoms with E-state index in [4.69, 9.17) is 4.74 Å². The summed E-state index contributed by atoms with van der Waals surface area (Å²) in [6.07, 6.45) is 4.78. The zero-order chi connectivity index (χ0) is 11.4. The third kappa shape index (κ3) is 2.32. The van der Waals surface area contributed by atoms with Crippen molar-refractivity contribution in [2.75, 3.05) is 6.61 Å². The molecule has 1 fully saturated rings. The van der Waals surface area contributed by atoms with Crippen LogP contribution in [-0.4, -0.2) is 12.6 Å². The normalized spacial score (nSPS) is 24.9. The van der Waals surface area contributed by atoms with Gasteiger partial charge in [0.25, 0.3) is 0 Å². The molecule has 1 aromatic carbocycles. The van der Waals surface area contributed by atoms with Crippen LogP contribution in [0.1, 0.15) is 12.5 Å². The average molecular weight is 216 g/mol. The highest BCUT2D eigenvalue weighted by Crippen LogP contribution is 2.26. The fraction of sp³-hybridized carbons (Fsp3) is 0.357. The van der Waals surface area contributed by atoms with E-state index >= 15 is 0 Å². The number of allylic oxidation sites excluding steroid dienone is 1. The standard InChI is InChI=1S/C14H16O2/c1-2-6-13-12(10-16-14(13)15)9-11-7-4-3-5-8-11/h2-8,12-13H,9-10H2,1H3/b6-2-/t12-,13+/m0/s1. The number of carbonyl (C=O) groups excluding carboxylic acids is 1. The molecule has 1 aliphatic rings. The van der Waals surface area contributed by atoms with Crippen LogP contribution in [0.5, 0.6) is 0 Å². The third-order valence-corrected chi connectivity index (χ3v) is 2.96. The Balaban J connectivity index is 2.07. The van der Waals surface area contributed by atoms with Gasteiger partial charge in [0.15, 0.2) is 0 Å². The van der Waals surface area contributed by atoms with Gasteiger partial charge in [0.1, 0.15) is 0 Å². The quantitative estimate of drug-likeness (QED) is 0.573. The minimum absolute atomic E-state index is 0.0646. The third-order valence-electron chi connectivity index (χ3n) is 2.96. The number of esters is 1. The van der Waals surface area contributed by atoms with Crippen LogP contribution in [0, 0.1) is 11.8 Å². The molecule has 84 valence electrons. The first-order chi connectivity index (χ1) is 7.81. The van der Waals surface area contributed by atoms with E-state index in [2.05, 4.69) is 12.1 Å². The zero-order valence-electron chi connectivity index (χ0n) is 9.43. The van der Waals surface area contributed by atoms with Gasteiger partial charge in [0.2, 0.25) is 0 Å². The molecule has 2 nitrogen and oxygen atoms in total. The summed E-state index contributed by atoms with van der Waals surface area (Å²) >= 11 is 0. The summed E-state index contributed by atoms with van der Waals surface area (Å²) in [5, 5.41) is 0. The van der Waals surface area contributed by atoms with Crippen molar-refractivity contribution in [1.29, 1.82) is 0 Å². The molecule has 0 unspecified atom stereocenters. The summed E-state index contributed by atoms with van der Waals surface area (Å²) in [4.78, 5) is 11.5. The van der Waals surface area contributed by atoms with E-state index in [9.17, 15) is 4.79 Å². The second-order valence-corrected chi connectivity index (χ2v) is 4.13. The fourth-order valence-corrected chi connectivity index (χ4v) is 2.13. The van der Waals surface area contributed by atoms with Crippen LogP contribution in [0.3, 0.4) is 0 Å². The Hall–Kier alpha value is -1.57. The minimum Gasteiger partial charge on any atom is -0.465 e. The average Bonchev–Trinajstić information content (AvgIpc) is 2.64. The number of carbonyl (C=O) groups is 1. The maximum Gasteiger partial charge on any atom is 0.313 e. The monoisotopic (exact) mass is 216 g/mol. The Morgan fingerprint density at radius 2 is 2.12 bits per heavy atom. The molecule has 1 aliphatic heterocycles. The van der Waals surface area contributed by atoms with Crippen molar-refractivity contribution in [3.8, 4) is 0 Å². The predicted octanol–water partition coefficient (Wildman–Crippen LogP) is 2.59. The molecule has 0 N–H and O–H groups in total. The Morgan fingerprint density at radius 1 is 1.38 bits per heavy atom. The Morgan fingerprint density at radius 3 is 2.81 bits per heavy atom. The second-order valence-electron chi connectivity index (χ2n) is 4.13. The van der Waals surface area contributed by atoms with Crippen LogP contribution >= 0.6 is 0 Å². The summed E-state index contributed by atoms with van der Waals surface area (Å²) in [5.41, 5.74) is 1.26. The predicted molar refractivity (Wildman–Crippen MR) is 62.9 cm³/mol. The highest BCUT2D eigenvalue weighted by molar-refractivity contribution is 5.76. The van der Waals surface area contributed by atoms with E-state index in [0.717, 1.165) is 6.42 Å². The molecule has 0 aliphatic carbocycles. The number of hydrogen-bond acceptors (Lipinski definition) is 2. The SMILES string of the molecule is C/C=C\[C@H]1C(=O)OC[C@@H]1Cc1ccccc1. The molecule has 1 aromatic rings. The molecular weight excluding hydrogens is 200 g/mol. The van der Waals surface area contributed by atoms with Crippen molar-refractivity contribution in [3.63, 3.8) is 0 Å². The number of cyclic esters (lactones) is 1. The van der Waals surface area contributed by atoms with Crippen LogP contribution in [0.2, 0.25) is 0 Å². The van der Waals surface area contributed by atoms with Gasteiger partial charge < -0.3 is 4.74 Å². The van der Waals surface area contributed by atoms with Crippen LogP contribution in [0.15, 0.2) is 42.5 Å². The molecule has 2 rings (SSSR count). The van der Waals surface area contributed by atoms with E-state index in [1.54, 1.807) is 0 Å². The molecule has 16 heavy (non-hydrogen) atoms. The fourth-order valence-electron chi connectivity index (χ4n) is 2.13. The Labute approximate surface area is 95.9 Å². The number of benzene rings is 1. The van der Waals surface area contributed by atoms with Gasteiger partial charge in [-0.25, -0.2) is 0 Å². The van der Waals surface area contributed by atoms with Gasteiger partial charge in [-0.05, 0) is 18.9 Å². The lowest BCUT2D eigenvalue weighted by Crippen LogP contribution is -2.15. The van der Waals surface area contributed by atoms with E-state index in [1.807, 2.05) is 37.3 Å². The molecular formula is C14H16O2. The summed E-state index contributed by atoms with van der Waals surface area (Å²) in [6, 6.07) is 10.2. The van der Waals surface area contributed by atoms with Crippen LogP contribution in [0.4, 0.5) is 0 Å². The van der Waals surface area contributed by atoms with Gasteiger partial charge in [0, 0.05) is 5.92 Å². The van der Waals surface area contributed by atoms with E-state index in [-0.39, 0.29) is 17.8 Å². The maximum atomic E-state index is 11.5. The first-order valence-corrected chi connectivity index (χ1v) is 5.64. The lowest BCUT2D eigenvalue weighted by Gasteiger charge is -2.11. The highest BCUT2D eigenvalue weighted by atomic mass is 16.5. The van der Waals surface area contributed by atoms with Crippen molar-refractivity contribution in [3.05, 3.63) is 48.0 Å². The summed E-state index contributed by atoms with van der Waals surface area (Å²) < 4.78 is 5.11. The number of ether oxygens (including phenoxy) is 1. The molecule has 2 atom stereocenters. The van der Waals surface area contributed by atoms with Gasteiger partial charge in [-0.3, -0.25) is 4.79 Å². The number of rotatable bonds is 3. The molecule has 0 radical (unpaired) electrons. The zero-order valence-corrected chi connectivity index (χ0v) is 9.43. The maximum absolute atomic E-state index is 11.5. The second kappa shape index (κ2) is 4.97. The van der Waals surface area contributed by atoms with Crippen molar-refractivity contribution in [2.45, 2.75) is 13.3 Å². The van der Waals surface area contributed by atoms with E-state index < -0.39 is 0 Å². The van der Waals surface area contributed by atoms with Crippen molar-refractivity contribution in [2.24, 2.45) is 11.8 Å². The lowest BCUT2D eigenvalue weighted by atomic mass is 9.89. The van der Waals surface area contributed by atoms with Crippen molar-refractivity contribution < 1.29 is 9.53 Å². The van der Waals surface area contributed by atoms with E-state index in [0.29, 0.717) is 6.61 Å². The molecule has 1 saturated heterocycles. The molecule has 0 aromatic heterocycles. The highest BCUT2D eigenvalue weighted by Gasteiger charge is 2.34. The largest absolute Gasteiger partial charge is 0.465 e. The molecule has 0 bridgehead atoms. The van der Waals surface area contributed by atoms with Crippen LogP contribution in [-0.2, 0) is 16.0 Å². The van der Waals surface area contributed by atoms with Crippen molar-refractivity contribution in [1.82, 2.24) is 0 Å². The summed E-state index contributed by atoms with van der Waals surface area (Å²) in [7, 11) is 0. The number of hydrogen-bond donors (Lipinski definition) is 0. The van der Waals surface area contributed by atoms with Gasteiger partial charge >= 0.3 is 5.97 Å². The molecule has 0 spiro atoms. The Bertz CT molecular complexity index is 381. The lowest BCUT2D eigenvalue weighted by molar-refractivity contribution is -0.140. The summed E-state index contributed by atoms with van der Waals surface area (Å²) in [6.45, 7) is 2.48. The van der Waals surface area contributed by atoms with Crippen molar-refractivity contribution >= 4 is 5.97 Å². The molecule has 1 heterocycles. The summed E-state index contributed by atoms with van der Waals surface area (Å²) in [5.74, 6) is 0.135. The molecule has 0 amide bonds. The van der Waals surface area contributed by atoms with Crippen LogP contribution in [0.25, 0.3) is 0 Å². The van der Waals surface area contributed by atoms with Gasteiger partial charge in [0.05, 0.1) is 12.5 Å².